The quantitative estimate of drug-likeness (QED) is 0.793. The van der Waals surface area contributed by atoms with Crippen molar-refractivity contribution in [3.05, 3.63) is 29.8 Å². The smallest absolute Gasteiger partial charge is 0.240 e. The predicted octanol–water partition coefficient (Wildman–Crippen LogP) is 2.58. The first kappa shape index (κ1) is 16.5. The van der Waals surface area contributed by atoms with Gasteiger partial charge in [0.05, 0.1) is 4.90 Å². The van der Waals surface area contributed by atoms with E-state index in [9.17, 15) is 8.42 Å². The highest BCUT2D eigenvalue weighted by Crippen LogP contribution is 2.20. The van der Waals surface area contributed by atoms with Crippen molar-refractivity contribution in [1.82, 2.24) is 4.72 Å². The van der Waals surface area contributed by atoms with Gasteiger partial charge in [-0.25, -0.2) is 13.1 Å². The highest BCUT2D eigenvalue weighted by molar-refractivity contribution is 7.89. The molecule has 0 amide bonds. The van der Waals surface area contributed by atoms with Crippen LogP contribution in [0, 0.1) is 0 Å². The molecule has 1 fully saturated rings. The maximum Gasteiger partial charge on any atom is 0.240 e. The third kappa shape index (κ3) is 5.09. The van der Waals surface area contributed by atoms with E-state index >= 15 is 0 Å². The predicted molar refractivity (Wildman–Crippen MR) is 85.6 cm³/mol. The summed E-state index contributed by atoms with van der Waals surface area (Å²) in [5, 5.41) is 0. The van der Waals surface area contributed by atoms with Gasteiger partial charge in [-0.1, -0.05) is 37.8 Å². The number of rotatable bonds is 6. The van der Waals surface area contributed by atoms with E-state index in [2.05, 4.69) is 4.72 Å². The molecule has 1 aromatic rings. The Hall–Kier alpha value is -0.910. The van der Waals surface area contributed by atoms with Gasteiger partial charge in [0, 0.05) is 6.04 Å². The van der Waals surface area contributed by atoms with Crippen molar-refractivity contribution in [2.24, 2.45) is 5.73 Å². The summed E-state index contributed by atoms with van der Waals surface area (Å²) in [6.07, 6.45) is 8.39. The highest BCUT2D eigenvalue weighted by Gasteiger charge is 2.20. The molecule has 0 atom stereocenters. The lowest BCUT2D eigenvalue weighted by Gasteiger charge is -2.16. The summed E-state index contributed by atoms with van der Waals surface area (Å²) >= 11 is 0. The number of nitrogens with one attached hydrogen (secondary N) is 1. The van der Waals surface area contributed by atoms with Crippen LogP contribution in [-0.2, 0) is 16.4 Å². The summed E-state index contributed by atoms with van der Waals surface area (Å²) in [5.74, 6) is 0. The number of aryl methyl sites for hydroxylation is 1. The molecule has 1 aliphatic carbocycles. The minimum atomic E-state index is -3.39. The molecule has 4 nitrogen and oxygen atoms in total. The van der Waals surface area contributed by atoms with Gasteiger partial charge in [-0.05, 0) is 49.9 Å². The lowest BCUT2D eigenvalue weighted by atomic mass is 10.1. The van der Waals surface area contributed by atoms with Crippen molar-refractivity contribution in [1.29, 1.82) is 0 Å². The van der Waals surface area contributed by atoms with E-state index < -0.39 is 10.0 Å². The minimum Gasteiger partial charge on any atom is -0.330 e. The van der Waals surface area contributed by atoms with E-state index in [0.717, 1.165) is 44.1 Å². The fraction of sp³-hybridized carbons (Fsp3) is 0.625. The molecule has 3 N–H and O–H groups in total. The van der Waals surface area contributed by atoms with Gasteiger partial charge in [0.2, 0.25) is 10.0 Å². The average molecular weight is 310 g/mol. The molecule has 118 valence electrons. The number of hydrogen-bond donors (Lipinski definition) is 2. The Kier molecular flexibility index (Phi) is 6.21. The molecule has 1 saturated carbocycles. The molecule has 0 spiro atoms. The Morgan fingerprint density at radius 3 is 2.24 bits per heavy atom. The molecule has 0 aliphatic heterocycles. The van der Waals surface area contributed by atoms with Crippen LogP contribution in [0.1, 0.15) is 50.5 Å². The lowest BCUT2D eigenvalue weighted by Crippen LogP contribution is -2.34. The standard InChI is InChI=1S/C16H26N2O2S/c17-13-5-6-14-9-11-16(12-10-14)21(19,20)18-15-7-3-1-2-4-8-15/h9-12,15,18H,1-8,13,17H2. The Bertz CT molecular complexity index is 518. The van der Waals surface area contributed by atoms with Gasteiger partial charge in [0.25, 0.3) is 0 Å². The van der Waals surface area contributed by atoms with Crippen molar-refractivity contribution in [3.8, 4) is 0 Å². The number of hydrogen-bond acceptors (Lipinski definition) is 3. The molecule has 21 heavy (non-hydrogen) atoms. The van der Waals surface area contributed by atoms with Gasteiger partial charge in [-0.2, -0.15) is 0 Å². The maximum absolute atomic E-state index is 12.4. The summed E-state index contributed by atoms with van der Waals surface area (Å²) in [5.41, 5.74) is 6.62. The van der Waals surface area contributed by atoms with Crippen LogP contribution < -0.4 is 10.5 Å². The van der Waals surface area contributed by atoms with Gasteiger partial charge in [0.15, 0.2) is 0 Å². The zero-order chi connectivity index (χ0) is 15.1. The Morgan fingerprint density at radius 1 is 1.05 bits per heavy atom. The minimum absolute atomic E-state index is 0.0921. The maximum atomic E-state index is 12.4. The molecule has 0 aromatic heterocycles. The van der Waals surface area contributed by atoms with Crippen molar-refractivity contribution < 1.29 is 8.42 Å². The van der Waals surface area contributed by atoms with Crippen LogP contribution in [0.4, 0.5) is 0 Å². The van der Waals surface area contributed by atoms with Crippen molar-refractivity contribution in [3.63, 3.8) is 0 Å². The first-order valence-electron chi connectivity index (χ1n) is 7.93. The van der Waals surface area contributed by atoms with Gasteiger partial charge in [0.1, 0.15) is 0 Å². The fourth-order valence-corrected chi connectivity index (χ4v) is 4.13. The molecule has 5 heteroatoms. The van der Waals surface area contributed by atoms with Crippen molar-refractivity contribution in [2.45, 2.75) is 62.3 Å². The molecular weight excluding hydrogens is 284 g/mol. The number of sulfonamides is 1. The van der Waals surface area contributed by atoms with Crippen molar-refractivity contribution >= 4 is 10.0 Å². The Morgan fingerprint density at radius 2 is 1.67 bits per heavy atom. The highest BCUT2D eigenvalue weighted by atomic mass is 32.2. The molecule has 0 unspecified atom stereocenters. The molecule has 2 rings (SSSR count). The average Bonchev–Trinajstić information content (AvgIpc) is 2.73. The molecule has 0 saturated heterocycles. The summed E-state index contributed by atoms with van der Waals surface area (Å²) in [6.45, 7) is 0.656. The van der Waals surface area contributed by atoms with Crippen LogP contribution in [0.3, 0.4) is 0 Å². The number of benzene rings is 1. The topological polar surface area (TPSA) is 72.2 Å². The third-order valence-electron chi connectivity index (χ3n) is 4.08. The van der Waals surface area contributed by atoms with Gasteiger partial charge in [-0.3, -0.25) is 0 Å². The van der Waals surface area contributed by atoms with Crippen LogP contribution in [-0.4, -0.2) is 21.0 Å². The second-order valence-electron chi connectivity index (χ2n) is 5.85. The van der Waals surface area contributed by atoms with E-state index in [0.29, 0.717) is 11.4 Å². The molecular formula is C16H26N2O2S. The van der Waals surface area contributed by atoms with E-state index in [4.69, 9.17) is 5.73 Å². The second-order valence-corrected chi connectivity index (χ2v) is 7.56. The first-order valence-corrected chi connectivity index (χ1v) is 9.41. The molecule has 1 aromatic carbocycles. The van der Waals surface area contributed by atoms with E-state index in [1.807, 2.05) is 12.1 Å². The Labute approximate surface area is 128 Å². The fourth-order valence-electron chi connectivity index (χ4n) is 2.83. The molecule has 0 radical (unpaired) electrons. The van der Waals surface area contributed by atoms with Crippen LogP contribution >= 0.6 is 0 Å². The normalized spacial score (nSPS) is 17.6. The van der Waals surface area contributed by atoms with Crippen LogP contribution in [0.2, 0.25) is 0 Å². The molecule has 0 heterocycles. The van der Waals surface area contributed by atoms with E-state index in [1.54, 1.807) is 12.1 Å². The second kappa shape index (κ2) is 7.92. The number of nitrogens with two attached hydrogens (primary N) is 1. The summed E-state index contributed by atoms with van der Waals surface area (Å²) < 4.78 is 27.7. The largest absolute Gasteiger partial charge is 0.330 e. The summed E-state index contributed by atoms with van der Waals surface area (Å²) in [6, 6.07) is 7.26. The van der Waals surface area contributed by atoms with E-state index in [-0.39, 0.29) is 6.04 Å². The van der Waals surface area contributed by atoms with Crippen molar-refractivity contribution in [2.75, 3.05) is 6.54 Å². The summed E-state index contributed by atoms with van der Waals surface area (Å²) in [7, 11) is -3.39. The SMILES string of the molecule is NCCCc1ccc(S(=O)(=O)NC2CCCCCC2)cc1. The van der Waals surface area contributed by atoms with Gasteiger partial charge >= 0.3 is 0 Å². The van der Waals surface area contributed by atoms with Crippen LogP contribution in [0.25, 0.3) is 0 Å². The first-order chi connectivity index (χ1) is 10.1. The van der Waals surface area contributed by atoms with Crippen LogP contribution in [0.15, 0.2) is 29.2 Å². The third-order valence-corrected chi connectivity index (χ3v) is 5.62. The van der Waals surface area contributed by atoms with E-state index in [1.165, 1.54) is 12.8 Å². The molecule has 0 bridgehead atoms. The van der Waals surface area contributed by atoms with Gasteiger partial charge < -0.3 is 5.73 Å². The zero-order valence-corrected chi connectivity index (χ0v) is 13.4. The Balaban J connectivity index is 2.01. The molecule has 1 aliphatic rings. The van der Waals surface area contributed by atoms with Gasteiger partial charge in [-0.15, -0.1) is 0 Å². The zero-order valence-electron chi connectivity index (χ0n) is 12.6. The monoisotopic (exact) mass is 310 g/mol. The lowest BCUT2D eigenvalue weighted by molar-refractivity contribution is 0.510. The summed E-state index contributed by atoms with van der Waals surface area (Å²) in [4.78, 5) is 0.364. The van der Waals surface area contributed by atoms with Crippen LogP contribution in [0.5, 0.6) is 0 Å².